The van der Waals surface area contributed by atoms with Crippen LogP contribution in [-0.2, 0) is 16.4 Å². The zero-order valence-electron chi connectivity index (χ0n) is 12.1. The molecule has 1 rings (SSSR count). The smallest absolute Gasteiger partial charge is 0.150 e. The van der Waals surface area contributed by atoms with E-state index in [9.17, 15) is 8.42 Å². The minimum Gasteiger partial charge on any atom is -0.492 e. The third kappa shape index (κ3) is 5.61. The second-order valence-electron chi connectivity index (χ2n) is 4.82. The number of hydrogen-bond acceptors (Lipinski definition) is 4. The van der Waals surface area contributed by atoms with Gasteiger partial charge in [0, 0.05) is 12.8 Å². The lowest BCUT2D eigenvalue weighted by Crippen LogP contribution is -2.14. The van der Waals surface area contributed by atoms with Crippen LogP contribution in [0.25, 0.3) is 0 Å². The Hall–Kier alpha value is -1.07. The lowest BCUT2D eigenvalue weighted by Gasteiger charge is -2.14. The van der Waals surface area contributed by atoms with Crippen LogP contribution < -0.4 is 10.1 Å². The summed E-state index contributed by atoms with van der Waals surface area (Å²) in [6.07, 6.45) is 1.22. The molecule has 1 N–H and O–H groups in total. The molecule has 0 aromatic heterocycles. The van der Waals surface area contributed by atoms with E-state index in [4.69, 9.17) is 4.74 Å². The molecule has 4 nitrogen and oxygen atoms in total. The molecule has 19 heavy (non-hydrogen) atoms. The van der Waals surface area contributed by atoms with Crippen LogP contribution in [0, 0.1) is 13.8 Å². The largest absolute Gasteiger partial charge is 0.492 e. The van der Waals surface area contributed by atoms with Gasteiger partial charge in [-0.15, -0.1) is 0 Å². The first kappa shape index (κ1) is 16.0. The Bertz CT molecular complexity index is 500. The molecule has 0 saturated carbocycles. The summed E-state index contributed by atoms with van der Waals surface area (Å²) in [5.41, 5.74) is 3.30. The standard InChI is InChI=1S/C14H23NO3S/c1-5-15-10-13-8-11(2)14(12(3)9-13)18-6-7-19(4,16)17/h8-9,15H,5-7,10H2,1-4H3. The molecular formula is C14H23NO3S. The molecule has 0 atom stereocenters. The van der Waals surface area contributed by atoms with Crippen LogP contribution in [0.4, 0.5) is 0 Å². The Morgan fingerprint density at radius 2 is 1.79 bits per heavy atom. The maximum absolute atomic E-state index is 11.1. The number of nitrogens with one attached hydrogen (secondary N) is 1. The van der Waals surface area contributed by atoms with E-state index in [2.05, 4.69) is 24.4 Å². The third-order valence-electron chi connectivity index (χ3n) is 2.80. The van der Waals surface area contributed by atoms with Gasteiger partial charge in [-0.1, -0.05) is 19.1 Å². The summed E-state index contributed by atoms with van der Waals surface area (Å²) >= 11 is 0. The Balaban J connectivity index is 2.74. The van der Waals surface area contributed by atoms with Crippen LogP contribution in [0.15, 0.2) is 12.1 Å². The van der Waals surface area contributed by atoms with E-state index in [1.807, 2.05) is 13.8 Å². The van der Waals surface area contributed by atoms with Gasteiger partial charge in [0.1, 0.15) is 12.4 Å². The highest BCUT2D eigenvalue weighted by molar-refractivity contribution is 7.90. The van der Waals surface area contributed by atoms with E-state index < -0.39 is 9.84 Å². The van der Waals surface area contributed by atoms with Gasteiger partial charge in [-0.3, -0.25) is 0 Å². The Labute approximate surface area is 116 Å². The molecule has 0 heterocycles. The number of sulfone groups is 1. The molecule has 0 spiro atoms. The van der Waals surface area contributed by atoms with Gasteiger partial charge in [0.25, 0.3) is 0 Å². The van der Waals surface area contributed by atoms with E-state index in [1.165, 1.54) is 11.8 Å². The summed E-state index contributed by atoms with van der Waals surface area (Å²) in [5, 5.41) is 3.28. The molecule has 0 aliphatic heterocycles. The number of rotatable bonds is 7. The highest BCUT2D eigenvalue weighted by atomic mass is 32.2. The Morgan fingerprint density at radius 1 is 1.21 bits per heavy atom. The molecule has 0 saturated heterocycles. The van der Waals surface area contributed by atoms with Crippen molar-refractivity contribution in [2.24, 2.45) is 0 Å². The molecule has 1 aromatic carbocycles. The molecule has 0 aliphatic rings. The predicted octanol–water partition coefficient (Wildman–Crippen LogP) is 1.84. The first-order valence-electron chi connectivity index (χ1n) is 6.45. The Morgan fingerprint density at radius 3 is 2.26 bits per heavy atom. The van der Waals surface area contributed by atoms with Crippen molar-refractivity contribution in [1.82, 2.24) is 5.32 Å². The normalized spacial score (nSPS) is 11.6. The number of benzene rings is 1. The molecule has 0 unspecified atom stereocenters. The lowest BCUT2D eigenvalue weighted by molar-refractivity contribution is 0.336. The molecule has 5 heteroatoms. The van der Waals surface area contributed by atoms with Crippen molar-refractivity contribution in [2.75, 3.05) is 25.2 Å². The zero-order chi connectivity index (χ0) is 14.5. The van der Waals surface area contributed by atoms with E-state index in [1.54, 1.807) is 0 Å². The van der Waals surface area contributed by atoms with Gasteiger partial charge in [0.15, 0.2) is 9.84 Å². The monoisotopic (exact) mass is 285 g/mol. The summed E-state index contributed by atoms with van der Waals surface area (Å²) in [4.78, 5) is 0. The molecule has 1 aromatic rings. The number of ether oxygens (including phenoxy) is 1. The summed E-state index contributed by atoms with van der Waals surface area (Å²) in [6.45, 7) is 8.01. The molecule has 0 bridgehead atoms. The molecule has 0 fully saturated rings. The van der Waals surface area contributed by atoms with Gasteiger partial charge in [-0.2, -0.15) is 0 Å². The van der Waals surface area contributed by atoms with Crippen LogP contribution in [-0.4, -0.2) is 33.6 Å². The maximum Gasteiger partial charge on any atom is 0.150 e. The lowest BCUT2D eigenvalue weighted by atomic mass is 10.1. The van der Waals surface area contributed by atoms with Gasteiger partial charge in [0.05, 0.1) is 5.75 Å². The number of aryl methyl sites for hydroxylation is 2. The minimum absolute atomic E-state index is 0.0466. The van der Waals surface area contributed by atoms with E-state index in [0.29, 0.717) is 0 Å². The summed E-state index contributed by atoms with van der Waals surface area (Å²) in [6, 6.07) is 4.15. The van der Waals surface area contributed by atoms with Gasteiger partial charge < -0.3 is 10.1 Å². The van der Waals surface area contributed by atoms with Crippen molar-refractivity contribution < 1.29 is 13.2 Å². The first-order chi connectivity index (χ1) is 8.83. The van der Waals surface area contributed by atoms with Gasteiger partial charge >= 0.3 is 0 Å². The highest BCUT2D eigenvalue weighted by Gasteiger charge is 2.08. The minimum atomic E-state index is -2.98. The molecule has 0 radical (unpaired) electrons. The van der Waals surface area contributed by atoms with E-state index in [0.717, 1.165) is 30.0 Å². The maximum atomic E-state index is 11.1. The molecule has 0 aliphatic carbocycles. The topological polar surface area (TPSA) is 55.4 Å². The van der Waals surface area contributed by atoms with Crippen molar-refractivity contribution in [3.05, 3.63) is 28.8 Å². The fraction of sp³-hybridized carbons (Fsp3) is 0.571. The third-order valence-corrected chi connectivity index (χ3v) is 3.71. The van der Waals surface area contributed by atoms with Crippen LogP contribution in [0.1, 0.15) is 23.6 Å². The van der Waals surface area contributed by atoms with Crippen molar-refractivity contribution >= 4 is 9.84 Å². The Kier molecular flexibility index (Phi) is 5.82. The zero-order valence-corrected chi connectivity index (χ0v) is 12.9. The van der Waals surface area contributed by atoms with E-state index >= 15 is 0 Å². The van der Waals surface area contributed by atoms with Crippen LogP contribution in [0.5, 0.6) is 5.75 Å². The van der Waals surface area contributed by atoms with Gasteiger partial charge in [0.2, 0.25) is 0 Å². The van der Waals surface area contributed by atoms with Crippen molar-refractivity contribution in [1.29, 1.82) is 0 Å². The van der Waals surface area contributed by atoms with Gasteiger partial charge in [-0.25, -0.2) is 8.42 Å². The second-order valence-corrected chi connectivity index (χ2v) is 7.08. The van der Waals surface area contributed by atoms with Crippen LogP contribution in [0.2, 0.25) is 0 Å². The molecule has 108 valence electrons. The SMILES string of the molecule is CCNCc1cc(C)c(OCCS(C)(=O)=O)c(C)c1. The average molecular weight is 285 g/mol. The average Bonchev–Trinajstić information content (AvgIpc) is 2.28. The van der Waals surface area contributed by atoms with E-state index in [-0.39, 0.29) is 12.4 Å². The fourth-order valence-electron chi connectivity index (χ4n) is 1.93. The number of hydrogen-bond donors (Lipinski definition) is 1. The van der Waals surface area contributed by atoms with Crippen molar-refractivity contribution in [3.63, 3.8) is 0 Å². The van der Waals surface area contributed by atoms with Crippen molar-refractivity contribution in [2.45, 2.75) is 27.3 Å². The highest BCUT2D eigenvalue weighted by Crippen LogP contribution is 2.24. The predicted molar refractivity (Wildman–Crippen MR) is 78.5 cm³/mol. The summed E-state index contributed by atoms with van der Waals surface area (Å²) < 4.78 is 27.8. The summed E-state index contributed by atoms with van der Waals surface area (Å²) in [5.74, 6) is 0.842. The molecule has 0 amide bonds. The van der Waals surface area contributed by atoms with Crippen molar-refractivity contribution in [3.8, 4) is 5.75 Å². The van der Waals surface area contributed by atoms with Gasteiger partial charge in [-0.05, 0) is 37.1 Å². The first-order valence-corrected chi connectivity index (χ1v) is 8.51. The second kappa shape index (κ2) is 6.91. The fourth-order valence-corrected chi connectivity index (χ4v) is 2.32. The quantitative estimate of drug-likeness (QED) is 0.830. The summed E-state index contributed by atoms with van der Waals surface area (Å²) in [7, 11) is -2.98. The van der Waals surface area contributed by atoms with Crippen LogP contribution in [0.3, 0.4) is 0 Å². The molecular weight excluding hydrogens is 262 g/mol. The van der Waals surface area contributed by atoms with Crippen LogP contribution >= 0.6 is 0 Å².